The van der Waals surface area contributed by atoms with Crippen molar-refractivity contribution in [1.82, 2.24) is 19.8 Å². The zero-order valence-electron chi connectivity index (χ0n) is 12.0. The Balaban J connectivity index is 1.68. The molecule has 0 aliphatic heterocycles. The van der Waals surface area contributed by atoms with Gasteiger partial charge in [0.05, 0.1) is 11.9 Å². The van der Waals surface area contributed by atoms with E-state index in [4.69, 9.17) is 0 Å². The molecule has 0 fully saturated rings. The third kappa shape index (κ3) is 5.66. The SMILES string of the molecule is Cn1cc(CNCCNS(=O)(=O)Cc2ccccc2)cn1. The second kappa shape index (κ2) is 7.35. The normalized spacial score (nSPS) is 11.7. The van der Waals surface area contributed by atoms with Gasteiger partial charge in [-0.1, -0.05) is 30.3 Å². The molecule has 114 valence electrons. The number of benzene rings is 1. The number of hydrogen-bond donors (Lipinski definition) is 2. The summed E-state index contributed by atoms with van der Waals surface area (Å²) < 4.78 is 28.1. The summed E-state index contributed by atoms with van der Waals surface area (Å²) in [5.41, 5.74) is 1.86. The van der Waals surface area contributed by atoms with E-state index in [1.165, 1.54) is 0 Å². The zero-order chi connectivity index (χ0) is 15.1. The zero-order valence-corrected chi connectivity index (χ0v) is 12.8. The highest BCUT2D eigenvalue weighted by atomic mass is 32.2. The maximum atomic E-state index is 11.9. The first kappa shape index (κ1) is 15.7. The lowest BCUT2D eigenvalue weighted by molar-refractivity contribution is 0.575. The van der Waals surface area contributed by atoms with Crippen LogP contribution in [-0.4, -0.2) is 31.3 Å². The fraction of sp³-hybridized carbons (Fsp3) is 0.357. The molecular weight excluding hydrogens is 288 g/mol. The van der Waals surface area contributed by atoms with E-state index < -0.39 is 10.0 Å². The fourth-order valence-electron chi connectivity index (χ4n) is 1.94. The highest BCUT2D eigenvalue weighted by molar-refractivity contribution is 7.88. The number of aryl methyl sites for hydroxylation is 1. The summed E-state index contributed by atoms with van der Waals surface area (Å²) in [6.45, 7) is 1.62. The smallest absolute Gasteiger partial charge is 0.215 e. The summed E-state index contributed by atoms with van der Waals surface area (Å²) in [5, 5.41) is 7.24. The predicted octanol–water partition coefficient (Wildman–Crippen LogP) is 0.629. The molecule has 1 heterocycles. The van der Waals surface area contributed by atoms with Gasteiger partial charge in [-0.05, 0) is 5.56 Å². The first-order valence-electron chi connectivity index (χ1n) is 6.75. The molecule has 0 aliphatic carbocycles. The summed E-state index contributed by atoms with van der Waals surface area (Å²) >= 11 is 0. The van der Waals surface area contributed by atoms with Crippen molar-refractivity contribution in [1.29, 1.82) is 0 Å². The minimum atomic E-state index is -3.28. The van der Waals surface area contributed by atoms with Gasteiger partial charge in [-0.3, -0.25) is 4.68 Å². The van der Waals surface area contributed by atoms with Crippen molar-refractivity contribution in [3.05, 3.63) is 53.9 Å². The van der Waals surface area contributed by atoms with Crippen LogP contribution in [0, 0.1) is 0 Å². The Bertz CT molecular complexity index is 653. The van der Waals surface area contributed by atoms with Crippen LogP contribution in [0.25, 0.3) is 0 Å². The molecule has 2 rings (SSSR count). The average Bonchev–Trinajstić information content (AvgIpc) is 2.84. The Morgan fingerprint density at radius 3 is 2.57 bits per heavy atom. The van der Waals surface area contributed by atoms with Gasteiger partial charge < -0.3 is 5.32 Å². The minimum Gasteiger partial charge on any atom is -0.311 e. The van der Waals surface area contributed by atoms with Crippen LogP contribution >= 0.6 is 0 Å². The molecule has 2 aromatic rings. The summed E-state index contributed by atoms with van der Waals surface area (Å²) in [4.78, 5) is 0. The molecule has 0 aliphatic rings. The Labute approximate surface area is 125 Å². The molecule has 0 radical (unpaired) electrons. The summed E-state index contributed by atoms with van der Waals surface area (Å²) in [7, 11) is -1.42. The Hall–Kier alpha value is -1.70. The molecular formula is C14H20N4O2S. The molecule has 2 N–H and O–H groups in total. The standard InChI is InChI=1S/C14H20N4O2S/c1-18-11-14(10-16-18)9-15-7-8-17-21(19,20)12-13-5-3-2-4-6-13/h2-6,10-11,15,17H,7-9,12H2,1H3. The van der Waals surface area contributed by atoms with E-state index in [9.17, 15) is 8.42 Å². The largest absolute Gasteiger partial charge is 0.311 e. The van der Waals surface area contributed by atoms with Gasteiger partial charge in [-0.15, -0.1) is 0 Å². The van der Waals surface area contributed by atoms with Crippen LogP contribution in [-0.2, 0) is 29.4 Å². The van der Waals surface area contributed by atoms with Crippen LogP contribution in [0.1, 0.15) is 11.1 Å². The third-order valence-corrected chi connectivity index (χ3v) is 4.27. The van der Waals surface area contributed by atoms with Crippen LogP contribution < -0.4 is 10.0 Å². The first-order chi connectivity index (χ1) is 10.1. The number of rotatable bonds is 8. The van der Waals surface area contributed by atoms with Crippen molar-refractivity contribution in [2.75, 3.05) is 13.1 Å². The monoisotopic (exact) mass is 308 g/mol. The lowest BCUT2D eigenvalue weighted by Gasteiger charge is -2.07. The highest BCUT2D eigenvalue weighted by Crippen LogP contribution is 2.03. The average molecular weight is 308 g/mol. The Kier molecular flexibility index (Phi) is 5.49. The molecule has 0 saturated heterocycles. The maximum absolute atomic E-state index is 11.9. The van der Waals surface area contributed by atoms with E-state index in [1.54, 1.807) is 23.0 Å². The van der Waals surface area contributed by atoms with Crippen LogP contribution in [0.15, 0.2) is 42.7 Å². The number of nitrogens with one attached hydrogen (secondary N) is 2. The second-order valence-electron chi connectivity index (χ2n) is 4.84. The van der Waals surface area contributed by atoms with E-state index in [2.05, 4.69) is 15.1 Å². The van der Waals surface area contributed by atoms with E-state index in [0.717, 1.165) is 11.1 Å². The van der Waals surface area contributed by atoms with Crippen LogP contribution in [0.2, 0.25) is 0 Å². The predicted molar refractivity (Wildman–Crippen MR) is 82.0 cm³/mol. The molecule has 0 atom stereocenters. The fourth-order valence-corrected chi connectivity index (χ4v) is 3.08. The van der Waals surface area contributed by atoms with E-state index >= 15 is 0 Å². The molecule has 0 unspecified atom stereocenters. The lowest BCUT2D eigenvalue weighted by atomic mass is 10.2. The third-order valence-electron chi connectivity index (χ3n) is 2.91. The van der Waals surface area contributed by atoms with Gasteiger partial charge in [0.1, 0.15) is 0 Å². The van der Waals surface area contributed by atoms with E-state index in [1.807, 2.05) is 31.4 Å². The van der Waals surface area contributed by atoms with Crippen LogP contribution in [0.5, 0.6) is 0 Å². The van der Waals surface area contributed by atoms with Crippen LogP contribution in [0.4, 0.5) is 0 Å². The van der Waals surface area contributed by atoms with Crippen molar-refractivity contribution in [2.24, 2.45) is 7.05 Å². The minimum absolute atomic E-state index is 0.0104. The van der Waals surface area contributed by atoms with Gasteiger partial charge in [0.15, 0.2) is 0 Å². The number of sulfonamides is 1. The van der Waals surface area contributed by atoms with Crippen LogP contribution in [0.3, 0.4) is 0 Å². The van der Waals surface area contributed by atoms with Crippen molar-refractivity contribution < 1.29 is 8.42 Å². The van der Waals surface area contributed by atoms with Crippen molar-refractivity contribution in [3.8, 4) is 0 Å². The number of aromatic nitrogens is 2. The molecule has 6 nitrogen and oxygen atoms in total. The molecule has 0 bridgehead atoms. The Morgan fingerprint density at radius 2 is 1.90 bits per heavy atom. The molecule has 7 heteroatoms. The number of hydrogen-bond acceptors (Lipinski definition) is 4. The molecule has 0 amide bonds. The van der Waals surface area contributed by atoms with E-state index in [-0.39, 0.29) is 5.75 Å². The van der Waals surface area contributed by atoms with Gasteiger partial charge in [0, 0.05) is 38.4 Å². The van der Waals surface area contributed by atoms with E-state index in [0.29, 0.717) is 19.6 Å². The van der Waals surface area contributed by atoms with Crippen molar-refractivity contribution in [3.63, 3.8) is 0 Å². The van der Waals surface area contributed by atoms with Crippen molar-refractivity contribution >= 4 is 10.0 Å². The second-order valence-corrected chi connectivity index (χ2v) is 6.64. The van der Waals surface area contributed by atoms with Crippen molar-refractivity contribution in [2.45, 2.75) is 12.3 Å². The van der Waals surface area contributed by atoms with Gasteiger partial charge in [0.25, 0.3) is 0 Å². The number of nitrogens with zero attached hydrogens (tertiary/aromatic N) is 2. The molecule has 0 saturated carbocycles. The van der Waals surface area contributed by atoms with Gasteiger partial charge in [0.2, 0.25) is 10.0 Å². The quantitative estimate of drug-likeness (QED) is 0.701. The molecule has 1 aromatic carbocycles. The summed E-state index contributed by atoms with van der Waals surface area (Å²) in [5.74, 6) is 0.0104. The van der Waals surface area contributed by atoms with Gasteiger partial charge in [-0.2, -0.15) is 5.10 Å². The summed E-state index contributed by atoms with van der Waals surface area (Å²) in [6, 6.07) is 9.15. The van der Waals surface area contributed by atoms with Gasteiger partial charge >= 0.3 is 0 Å². The molecule has 1 aromatic heterocycles. The highest BCUT2D eigenvalue weighted by Gasteiger charge is 2.10. The molecule has 0 spiro atoms. The maximum Gasteiger partial charge on any atom is 0.215 e. The first-order valence-corrected chi connectivity index (χ1v) is 8.40. The topological polar surface area (TPSA) is 76.0 Å². The lowest BCUT2D eigenvalue weighted by Crippen LogP contribution is -2.32. The van der Waals surface area contributed by atoms with Gasteiger partial charge in [-0.25, -0.2) is 13.1 Å². The summed E-state index contributed by atoms with van der Waals surface area (Å²) in [6.07, 6.45) is 3.71. The Morgan fingerprint density at radius 1 is 1.14 bits per heavy atom. The molecule has 21 heavy (non-hydrogen) atoms.